The van der Waals surface area contributed by atoms with Gasteiger partial charge in [0.15, 0.2) is 5.78 Å². The highest BCUT2D eigenvalue weighted by Crippen LogP contribution is 2.33. The molecule has 0 saturated heterocycles. The van der Waals surface area contributed by atoms with Crippen LogP contribution < -0.4 is 0 Å². The number of thioether (sulfide) groups is 1. The van der Waals surface area contributed by atoms with Gasteiger partial charge in [-0.1, -0.05) is 44.0 Å². The van der Waals surface area contributed by atoms with Crippen molar-refractivity contribution in [1.82, 2.24) is 0 Å². The molecule has 1 nitrogen and oxygen atoms in total. The van der Waals surface area contributed by atoms with Crippen LogP contribution in [0.2, 0.25) is 8.67 Å². The molecule has 5 heteroatoms. The summed E-state index contributed by atoms with van der Waals surface area (Å²) >= 11 is 14.5. The molecule has 0 fully saturated rings. The van der Waals surface area contributed by atoms with Crippen molar-refractivity contribution >= 4 is 52.1 Å². The van der Waals surface area contributed by atoms with Crippen molar-refractivity contribution in [2.45, 2.75) is 25.5 Å². The molecule has 15 heavy (non-hydrogen) atoms. The van der Waals surface area contributed by atoms with Crippen LogP contribution in [0.1, 0.15) is 31.1 Å². The number of Topliss-reactive ketones (excluding diaryl/α,β-unsaturated/α-hetero) is 1. The smallest absolute Gasteiger partial charge is 0.175 e. The van der Waals surface area contributed by atoms with E-state index in [9.17, 15) is 4.79 Å². The van der Waals surface area contributed by atoms with Crippen molar-refractivity contribution in [2.24, 2.45) is 0 Å². The van der Waals surface area contributed by atoms with Gasteiger partial charge in [-0.25, -0.2) is 0 Å². The molecule has 1 aromatic heterocycles. The van der Waals surface area contributed by atoms with E-state index in [1.165, 1.54) is 11.3 Å². The monoisotopic (exact) mass is 282 g/mol. The predicted molar refractivity (Wildman–Crippen MR) is 70.9 cm³/mol. The SMILES string of the molecule is CC(C)(C)SCC(=O)c1cc(Cl)sc1Cl. The molecule has 0 amide bonds. The lowest BCUT2D eigenvalue weighted by atomic mass is 10.2. The van der Waals surface area contributed by atoms with Gasteiger partial charge in [0.2, 0.25) is 0 Å². The number of hydrogen-bond donors (Lipinski definition) is 0. The van der Waals surface area contributed by atoms with E-state index in [1.54, 1.807) is 17.8 Å². The average molecular weight is 283 g/mol. The highest BCUT2D eigenvalue weighted by Gasteiger charge is 2.18. The maximum Gasteiger partial charge on any atom is 0.175 e. The molecule has 0 bridgehead atoms. The van der Waals surface area contributed by atoms with Crippen LogP contribution in [-0.4, -0.2) is 16.3 Å². The number of halogens is 2. The fourth-order valence-electron chi connectivity index (χ4n) is 0.890. The molecule has 84 valence electrons. The molecule has 0 aliphatic rings. The first-order chi connectivity index (χ1) is 6.79. The third-order valence-corrected chi connectivity index (χ3v) is 4.35. The Labute approximate surface area is 108 Å². The average Bonchev–Trinajstić information content (AvgIpc) is 2.40. The highest BCUT2D eigenvalue weighted by atomic mass is 35.5. The van der Waals surface area contributed by atoms with Crippen LogP contribution >= 0.6 is 46.3 Å². The van der Waals surface area contributed by atoms with Crippen molar-refractivity contribution in [3.63, 3.8) is 0 Å². The van der Waals surface area contributed by atoms with E-state index in [-0.39, 0.29) is 10.5 Å². The summed E-state index contributed by atoms with van der Waals surface area (Å²) in [5.41, 5.74) is 0.545. The van der Waals surface area contributed by atoms with Gasteiger partial charge < -0.3 is 0 Å². The van der Waals surface area contributed by atoms with E-state index in [4.69, 9.17) is 23.2 Å². The number of ketones is 1. The molecule has 0 radical (unpaired) electrons. The molecule has 1 heterocycles. The summed E-state index contributed by atoms with van der Waals surface area (Å²) in [4.78, 5) is 11.8. The Hall–Kier alpha value is 0.300. The zero-order valence-electron chi connectivity index (χ0n) is 8.77. The molecule has 0 aliphatic heterocycles. The summed E-state index contributed by atoms with van der Waals surface area (Å²) in [5, 5.41) is 0. The normalized spacial score (nSPS) is 11.8. The summed E-state index contributed by atoms with van der Waals surface area (Å²) in [6, 6.07) is 1.64. The number of rotatable bonds is 3. The van der Waals surface area contributed by atoms with Gasteiger partial charge in [-0.15, -0.1) is 23.1 Å². The van der Waals surface area contributed by atoms with Crippen LogP contribution in [0.3, 0.4) is 0 Å². The lowest BCUT2D eigenvalue weighted by Gasteiger charge is -2.16. The fraction of sp³-hybridized carbons (Fsp3) is 0.500. The minimum absolute atomic E-state index is 0.0445. The van der Waals surface area contributed by atoms with Gasteiger partial charge in [0, 0.05) is 10.3 Å². The van der Waals surface area contributed by atoms with Gasteiger partial charge in [0.25, 0.3) is 0 Å². The maximum absolute atomic E-state index is 11.8. The standard InChI is InChI=1S/C10H12Cl2OS2/c1-10(2,3)14-5-7(13)6-4-8(11)15-9(6)12/h4H,5H2,1-3H3. The van der Waals surface area contributed by atoms with E-state index in [0.29, 0.717) is 20.0 Å². The molecule has 0 saturated carbocycles. The number of thiophene rings is 1. The van der Waals surface area contributed by atoms with Crippen LogP contribution in [0.25, 0.3) is 0 Å². The Morgan fingerprint density at radius 3 is 2.47 bits per heavy atom. The molecule has 0 aliphatic carbocycles. The minimum Gasteiger partial charge on any atom is -0.293 e. The van der Waals surface area contributed by atoms with Crippen LogP contribution in [0, 0.1) is 0 Å². The van der Waals surface area contributed by atoms with Crippen LogP contribution in [0.5, 0.6) is 0 Å². The second-order valence-electron chi connectivity index (χ2n) is 4.06. The summed E-state index contributed by atoms with van der Waals surface area (Å²) < 4.78 is 1.13. The molecular weight excluding hydrogens is 271 g/mol. The van der Waals surface area contributed by atoms with Gasteiger partial charge in [-0.2, -0.15) is 0 Å². The number of carbonyl (C=O) groups is 1. The Morgan fingerprint density at radius 2 is 2.07 bits per heavy atom. The summed E-state index contributed by atoms with van der Waals surface area (Å²) in [6.07, 6.45) is 0. The lowest BCUT2D eigenvalue weighted by molar-refractivity contribution is 0.102. The second kappa shape index (κ2) is 5.09. The third kappa shape index (κ3) is 4.35. The molecule has 0 unspecified atom stereocenters. The quantitative estimate of drug-likeness (QED) is 0.743. The van der Waals surface area contributed by atoms with Gasteiger partial charge in [-0.05, 0) is 6.07 Å². The van der Waals surface area contributed by atoms with E-state index >= 15 is 0 Å². The minimum atomic E-state index is 0.0445. The maximum atomic E-state index is 11.8. The first-order valence-corrected chi connectivity index (χ1v) is 6.97. The molecule has 0 atom stereocenters. The summed E-state index contributed by atoms with van der Waals surface area (Å²) in [5.74, 6) is 0.485. The molecule has 0 N–H and O–H groups in total. The first-order valence-electron chi connectivity index (χ1n) is 4.41. The fourth-order valence-corrected chi connectivity index (χ4v) is 3.11. The largest absolute Gasteiger partial charge is 0.293 e. The lowest BCUT2D eigenvalue weighted by Crippen LogP contribution is -2.12. The predicted octanol–water partition coefficient (Wildman–Crippen LogP) is 4.77. The Morgan fingerprint density at radius 1 is 1.47 bits per heavy atom. The highest BCUT2D eigenvalue weighted by molar-refractivity contribution is 8.01. The molecular formula is C10H12Cl2OS2. The van der Waals surface area contributed by atoms with Crippen molar-refractivity contribution < 1.29 is 4.79 Å². The Bertz CT molecular complexity index is 366. The first kappa shape index (κ1) is 13.4. The van der Waals surface area contributed by atoms with E-state index in [1.807, 2.05) is 0 Å². The van der Waals surface area contributed by atoms with Crippen LogP contribution in [-0.2, 0) is 0 Å². The molecule has 1 rings (SSSR count). The zero-order valence-corrected chi connectivity index (χ0v) is 11.9. The van der Waals surface area contributed by atoms with Gasteiger partial charge >= 0.3 is 0 Å². The van der Waals surface area contributed by atoms with Gasteiger partial charge in [-0.3, -0.25) is 4.79 Å². The Kier molecular flexibility index (Phi) is 4.53. The van der Waals surface area contributed by atoms with E-state index in [2.05, 4.69) is 20.8 Å². The van der Waals surface area contributed by atoms with Crippen molar-refractivity contribution in [3.8, 4) is 0 Å². The van der Waals surface area contributed by atoms with Crippen LogP contribution in [0.4, 0.5) is 0 Å². The van der Waals surface area contributed by atoms with E-state index < -0.39 is 0 Å². The number of hydrogen-bond acceptors (Lipinski definition) is 3. The zero-order chi connectivity index (χ0) is 11.6. The number of carbonyl (C=O) groups excluding carboxylic acids is 1. The summed E-state index contributed by atoms with van der Waals surface area (Å²) in [7, 11) is 0. The van der Waals surface area contributed by atoms with Crippen LogP contribution in [0.15, 0.2) is 6.07 Å². The second-order valence-corrected chi connectivity index (χ2v) is 8.15. The van der Waals surface area contributed by atoms with Crippen molar-refractivity contribution in [1.29, 1.82) is 0 Å². The summed E-state index contributed by atoms with van der Waals surface area (Å²) in [6.45, 7) is 6.23. The molecule has 0 spiro atoms. The topological polar surface area (TPSA) is 17.1 Å². The van der Waals surface area contributed by atoms with E-state index in [0.717, 1.165) is 0 Å². The Balaban J connectivity index is 2.66. The van der Waals surface area contributed by atoms with Gasteiger partial charge in [0.05, 0.1) is 10.1 Å². The van der Waals surface area contributed by atoms with Crippen molar-refractivity contribution in [2.75, 3.05) is 5.75 Å². The molecule has 1 aromatic rings. The molecule has 0 aromatic carbocycles. The van der Waals surface area contributed by atoms with Gasteiger partial charge in [0.1, 0.15) is 4.34 Å². The third-order valence-electron chi connectivity index (χ3n) is 1.59. The van der Waals surface area contributed by atoms with Crippen molar-refractivity contribution in [3.05, 3.63) is 20.3 Å².